The smallest absolute Gasteiger partial charge is 0.331 e. The normalized spacial score (nSPS) is 14.2. The van der Waals surface area contributed by atoms with Gasteiger partial charge in [0.1, 0.15) is 5.69 Å². The summed E-state index contributed by atoms with van der Waals surface area (Å²) in [6.45, 7) is 3.63. The van der Waals surface area contributed by atoms with Crippen LogP contribution >= 0.6 is 0 Å². The molecular weight excluding hydrogens is 374 g/mol. The van der Waals surface area contributed by atoms with Crippen LogP contribution in [0.3, 0.4) is 0 Å². The average Bonchev–Trinajstić information content (AvgIpc) is 3.18. The van der Waals surface area contributed by atoms with Crippen molar-refractivity contribution >= 4 is 23.9 Å². The average molecular weight is 397 g/mol. The number of hydrogen-bond acceptors (Lipinski definition) is 6. The van der Waals surface area contributed by atoms with Crippen LogP contribution < -0.4 is 0 Å². The van der Waals surface area contributed by atoms with Gasteiger partial charge in [0, 0.05) is 39.2 Å². The largest absolute Gasteiger partial charge is 0.452 e. The molecule has 0 atom stereocenters. The Labute approximate surface area is 168 Å². The van der Waals surface area contributed by atoms with Crippen LogP contribution in [-0.2, 0) is 25.7 Å². The monoisotopic (exact) mass is 397 g/mol. The lowest BCUT2D eigenvalue weighted by Crippen LogP contribution is -2.51. The molecule has 1 aliphatic heterocycles. The van der Waals surface area contributed by atoms with Gasteiger partial charge in [0.25, 0.3) is 5.91 Å². The lowest BCUT2D eigenvalue weighted by Gasteiger charge is -2.34. The van der Waals surface area contributed by atoms with E-state index in [1.54, 1.807) is 20.7 Å². The van der Waals surface area contributed by atoms with Gasteiger partial charge in [0.05, 0.1) is 12.7 Å². The van der Waals surface area contributed by atoms with Gasteiger partial charge >= 0.3 is 5.97 Å². The van der Waals surface area contributed by atoms with Crippen molar-refractivity contribution in [1.82, 2.24) is 24.8 Å². The second-order valence-corrected chi connectivity index (χ2v) is 6.65. The molecule has 0 spiro atoms. The second-order valence-electron chi connectivity index (χ2n) is 6.65. The summed E-state index contributed by atoms with van der Waals surface area (Å²) in [6.07, 6.45) is 4.43. The number of esters is 1. The molecule has 9 heteroatoms. The summed E-state index contributed by atoms with van der Waals surface area (Å²) in [7, 11) is 0. The van der Waals surface area contributed by atoms with Crippen molar-refractivity contribution in [3.8, 4) is 0 Å². The van der Waals surface area contributed by atoms with Crippen molar-refractivity contribution in [2.24, 2.45) is 0 Å². The van der Waals surface area contributed by atoms with E-state index >= 15 is 0 Å². The zero-order chi connectivity index (χ0) is 20.6. The molecule has 0 saturated carbocycles. The van der Waals surface area contributed by atoms with E-state index < -0.39 is 5.97 Å². The van der Waals surface area contributed by atoms with E-state index in [1.165, 1.54) is 19.1 Å². The molecule has 152 valence electrons. The Balaban J connectivity index is 1.42. The van der Waals surface area contributed by atoms with Crippen LogP contribution in [0.4, 0.5) is 0 Å². The Kier molecular flexibility index (Phi) is 6.72. The van der Waals surface area contributed by atoms with Gasteiger partial charge in [0.2, 0.25) is 5.91 Å². The summed E-state index contributed by atoms with van der Waals surface area (Å²) in [5.74, 6) is -0.906. The van der Waals surface area contributed by atoms with Crippen molar-refractivity contribution in [3.05, 3.63) is 53.9 Å². The summed E-state index contributed by atoms with van der Waals surface area (Å²) in [4.78, 5) is 38.6. The van der Waals surface area contributed by atoms with Crippen molar-refractivity contribution in [1.29, 1.82) is 0 Å². The number of amides is 2. The zero-order valence-electron chi connectivity index (χ0n) is 16.2. The van der Waals surface area contributed by atoms with Gasteiger partial charge in [-0.1, -0.05) is 35.5 Å². The predicted octanol–water partition coefficient (Wildman–Crippen LogP) is 0.573. The van der Waals surface area contributed by atoms with E-state index in [4.69, 9.17) is 4.74 Å². The number of hydrogen-bond donors (Lipinski definition) is 0. The van der Waals surface area contributed by atoms with Gasteiger partial charge in [-0.25, -0.2) is 9.48 Å². The van der Waals surface area contributed by atoms with Crippen molar-refractivity contribution in [3.63, 3.8) is 0 Å². The Morgan fingerprint density at radius 2 is 1.76 bits per heavy atom. The van der Waals surface area contributed by atoms with Gasteiger partial charge in [-0.05, 0) is 11.6 Å². The molecule has 2 aromatic rings. The third kappa shape index (κ3) is 6.00. The number of aromatic nitrogens is 3. The number of carbonyl (C=O) groups excluding carboxylic acids is 3. The highest BCUT2D eigenvalue weighted by Gasteiger charge is 2.22. The van der Waals surface area contributed by atoms with Crippen LogP contribution in [0.5, 0.6) is 0 Å². The molecule has 1 fully saturated rings. The Hall–Kier alpha value is -3.49. The van der Waals surface area contributed by atoms with Crippen molar-refractivity contribution in [2.75, 3.05) is 32.8 Å². The lowest BCUT2D eigenvalue weighted by atomic mass is 10.2. The minimum Gasteiger partial charge on any atom is -0.452 e. The summed E-state index contributed by atoms with van der Waals surface area (Å²) in [6, 6.07) is 9.83. The molecule has 1 aromatic heterocycles. The number of carbonyl (C=O) groups is 3. The van der Waals surface area contributed by atoms with Gasteiger partial charge in [-0.15, -0.1) is 5.10 Å². The molecule has 9 nitrogen and oxygen atoms in total. The van der Waals surface area contributed by atoms with Crippen molar-refractivity contribution in [2.45, 2.75) is 13.5 Å². The topological polar surface area (TPSA) is 97.6 Å². The van der Waals surface area contributed by atoms with Gasteiger partial charge in [-0.2, -0.15) is 0 Å². The van der Waals surface area contributed by atoms with Crippen LogP contribution in [0.15, 0.2) is 42.6 Å². The van der Waals surface area contributed by atoms with E-state index in [9.17, 15) is 14.4 Å². The molecule has 2 heterocycles. The molecule has 0 N–H and O–H groups in total. The fourth-order valence-corrected chi connectivity index (χ4v) is 2.93. The summed E-state index contributed by atoms with van der Waals surface area (Å²) >= 11 is 0. The maximum atomic E-state index is 12.1. The molecule has 0 bridgehead atoms. The van der Waals surface area contributed by atoms with Crippen LogP contribution in [-0.4, -0.2) is 75.4 Å². The third-order valence-electron chi connectivity index (χ3n) is 4.55. The number of benzene rings is 1. The minimum atomic E-state index is -0.627. The second kappa shape index (κ2) is 9.63. The van der Waals surface area contributed by atoms with Gasteiger partial charge in [-0.3, -0.25) is 9.59 Å². The van der Waals surface area contributed by atoms with E-state index in [0.717, 1.165) is 5.56 Å². The molecule has 0 aliphatic carbocycles. The Morgan fingerprint density at radius 1 is 1.07 bits per heavy atom. The number of piperazine rings is 1. The number of ether oxygens (including phenoxy) is 1. The summed E-state index contributed by atoms with van der Waals surface area (Å²) < 4.78 is 6.67. The Bertz CT molecular complexity index is 885. The predicted molar refractivity (Wildman–Crippen MR) is 104 cm³/mol. The zero-order valence-corrected chi connectivity index (χ0v) is 16.2. The van der Waals surface area contributed by atoms with Crippen LogP contribution in [0.25, 0.3) is 6.08 Å². The van der Waals surface area contributed by atoms with Crippen molar-refractivity contribution < 1.29 is 19.1 Å². The highest BCUT2D eigenvalue weighted by molar-refractivity contribution is 5.89. The van der Waals surface area contributed by atoms with Gasteiger partial charge < -0.3 is 14.5 Å². The van der Waals surface area contributed by atoms with E-state index in [0.29, 0.717) is 38.4 Å². The SMILES string of the molecule is CC(=O)N1CCN(C(=O)COC(=O)/C=C/c2cn(Cc3ccccc3)nn2)CC1. The maximum absolute atomic E-state index is 12.1. The first-order chi connectivity index (χ1) is 14.0. The summed E-state index contributed by atoms with van der Waals surface area (Å²) in [5.41, 5.74) is 1.61. The molecule has 1 aliphatic rings. The minimum absolute atomic E-state index is 0.00522. The fraction of sp³-hybridized carbons (Fsp3) is 0.350. The quantitative estimate of drug-likeness (QED) is 0.522. The molecule has 3 rings (SSSR count). The first-order valence-corrected chi connectivity index (χ1v) is 9.33. The van der Waals surface area contributed by atoms with Crippen LogP contribution in [0.2, 0.25) is 0 Å². The Morgan fingerprint density at radius 3 is 2.45 bits per heavy atom. The molecule has 0 unspecified atom stereocenters. The lowest BCUT2D eigenvalue weighted by molar-refractivity contribution is -0.149. The van der Waals surface area contributed by atoms with Crippen LogP contribution in [0, 0.1) is 0 Å². The van der Waals surface area contributed by atoms with Crippen LogP contribution in [0.1, 0.15) is 18.2 Å². The van der Waals surface area contributed by atoms with Gasteiger partial charge in [0.15, 0.2) is 6.61 Å². The first kappa shape index (κ1) is 20.2. The molecule has 0 radical (unpaired) electrons. The number of rotatable bonds is 6. The standard InChI is InChI=1S/C20H23N5O4/c1-16(26)23-9-11-24(12-10-23)19(27)15-29-20(28)8-7-18-14-25(22-21-18)13-17-5-3-2-4-6-17/h2-8,14H,9-13,15H2,1H3/b8-7+. The number of nitrogens with zero attached hydrogens (tertiary/aromatic N) is 5. The molecule has 1 saturated heterocycles. The van der Waals surface area contributed by atoms with E-state index in [1.807, 2.05) is 30.3 Å². The highest BCUT2D eigenvalue weighted by atomic mass is 16.5. The molecular formula is C20H23N5O4. The molecule has 2 amide bonds. The van der Waals surface area contributed by atoms with E-state index in [-0.39, 0.29) is 18.4 Å². The highest BCUT2D eigenvalue weighted by Crippen LogP contribution is 2.05. The molecule has 29 heavy (non-hydrogen) atoms. The molecule has 1 aromatic carbocycles. The van der Waals surface area contributed by atoms with E-state index in [2.05, 4.69) is 10.3 Å². The first-order valence-electron chi connectivity index (χ1n) is 9.33. The fourth-order valence-electron chi connectivity index (χ4n) is 2.93. The third-order valence-corrected chi connectivity index (χ3v) is 4.55. The maximum Gasteiger partial charge on any atom is 0.331 e. The summed E-state index contributed by atoms with van der Waals surface area (Å²) in [5, 5.41) is 8.00.